The molecule has 0 aromatic heterocycles. The lowest BCUT2D eigenvalue weighted by Gasteiger charge is -2.12. The van der Waals surface area contributed by atoms with Gasteiger partial charge in [0.2, 0.25) is 0 Å². The molecule has 0 radical (unpaired) electrons. The van der Waals surface area contributed by atoms with E-state index in [1.807, 2.05) is 31.2 Å². The number of rotatable bonds is 4. The van der Waals surface area contributed by atoms with Crippen molar-refractivity contribution in [3.63, 3.8) is 0 Å². The molecule has 0 saturated carbocycles. The number of nitrogens with zero attached hydrogens (tertiary/aromatic N) is 1. The predicted octanol–water partition coefficient (Wildman–Crippen LogP) is 3.16. The van der Waals surface area contributed by atoms with Crippen molar-refractivity contribution >= 4 is 5.71 Å². The third-order valence-corrected chi connectivity index (χ3v) is 2.69. The Kier molecular flexibility index (Phi) is 3.82. The van der Waals surface area contributed by atoms with Gasteiger partial charge in [-0.15, -0.1) is 0 Å². The van der Waals surface area contributed by atoms with Crippen molar-refractivity contribution in [3.8, 4) is 5.75 Å². The minimum Gasteiger partial charge on any atom is -0.493 e. The molecule has 0 atom stereocenters. The number of hydrogen-bond donors (Lipinski definition) is 1. The van der Waals surface area contributed by atoms with Gasteiger partial charge in [0.15, 0.2) is 0 Å². The molecule has 1 heterocycles. The van der Waals surface area contributed by atoms with E-state index < -0.39 is 0 Å². The molecular weight excluding hydrogens is 224 g/mol. The molecule has 3 heteroatoms. The van der Waals surface area contributed by atoms with E-state index in [1.165, 1.54) is 0 Å². The zero-order chi connectivity index (χ0) is 13.0. The summed E-state index contributed by atoms with van der Waals surface area (Å²) in [6.45, 7) is 8.69. The SMILES string of the molecule is C=C1C=CC(c2ccc(OCCC)c(C)c2)=NN1. The van der Waals surface area contributed by atoms with E-state index in [0.29, 0.717) is 0 Å². The number of nitrogens with one attached hydrogen (secondary N) is 1. The van der Waals surface area contributed by atoms with E-state index in [1.54, 1.807) is 0 Å². The number of aryl methyl sites for hydroxylation is 1. The molecule has 0 saturated heterocycles. The average molecular weight is 242 g/mol. The first-order valence-corrected chi connectivity index (χ1v) is 6.15. The van der Waals surface area contributed by atoms with Crippen molar-refractivity contribution in [2.24, 2.45) is 5.10 Å². The van der Waals surface area contributed by atoms with Crippen LogP contribution < -0.4 is 10.2 Å². The van der Waals surface area contributed by atoms with Gasteiger partial charge in [-0.1, -0.05) is 13.5 Å². The first-order valence-electron chi connectivity index (χ1n) is 6.15. The molecule has 0 spiro atoms. The van der Waals surface area contributed by atoms with E-state index in [2.05, 4.69) is 30.1 Å². The molecule has 0 fully saturated rings. The molecule has 2 rings (SSSR count). The molecule has 1 N–H and O–H groups in total. The van der Waals surface area contributed by atoms with Crippen LogP contribution in [0.5, 0.6) is 5.75 Å². The lowest BCUT2D eigenvalue weighted by molar-refractivity contribution is 0.315. The molecule has 1 aromatic rings. The highest BCUT2D eigenvalue weighted by Gasteiger charge is 2.07. The van der Waals surface area contributed by atoms with Crippen molar-refractivity contribution in [2.75, 3.05) is 6.61 Å². The fourth-order valence-corrected chi connectivity index (χ4v) is 1.73. The van der Waals surface area contributed by atoms with Gasteiger partial charge in [0.1, 0.15) is 5.75 Å². The fourth-order valence-electron chi connectivity index (χ4n) is 1.73. The molecule has 1 aliphatic heterocycles. The Morgan fingerprint density at radius 3 is 2.78 bits per heavy atom. The summed E-state index contributed by atoms with van der Waals surface area (Å²) in [5.41, 5.74) is 6.79. The lowest BCUT2D eigenvalue weighted by atomic mass is 10.1. The van der Waals surface area contributed by atoms with Crippen LogP contribution in [0.1, 0.15) is 24.5 Å². The maximum Gasteiger partial charge on any atom is 0.122 e. The summed E-state index contributed by atoms with van der Waals surface area (Å²) in [5, 5.41) is 4.25. The van der Waals surface area contributed by atoms with Crippen LogP contribution in [0.15, 0.2) is 47.7 Å². The van der Waals surface area contributed by atoms with Gasteiger partial charge in [-0.05, 0) is 49.3 Å². The van der Waals surface area contributed by atoms with Crippen LogP contribution in [0.3, 0.4) is 0 Å². The van der Waals surface area contributed by atoms with Gasteiger partial charge in [-0.3, -0.25) is 5.43 Å². The fraction of sp³-hybridized carbons (Fsp3) is 0.267. The normalized spacial score (nSPS) is 14.1. The van der Waals surface area contributed by atoms with Crippen LogP contribution in [0.4, 0.5) is 0 Å². The Morgan fingerprint density at radius 1 is 1.33 bits per heavy atom. The lowest BCUT2D eigenvalue weighted by Crippen LogP contribution is -2.12. The topological polar surface area (TPSA) is 33.6 Å². The zero-order valence-electron chi connectivity index (χ0n) is 10.9. The Hall–Kier alpha value is -2.03. The van der Waals surface area contributed by atoms with E-state index in [0.717, 1.165) is 41.3 Å². The van der Waals surface area contributed by atoms with E-state index in [-0.39, 0.29) is 0 Å². The third-order valence-electron chi connectivity index (χ3n) is 2.69. The van der Waals surface area contributed by atoms with Crippen molar-refractivity contribution < 1.29 is 4.74 Å². The summed E-state index contributed by atoms with van der Waals surface area (Å²) in [4.78, 5) is 0. The Bertz CT molecular complexity index is 515. The second-order valence-electron chi connectivity index (χ2n) is 4.30. The van der Waals surface area contributed by atoms with Crippen LogP contribution in [0, 0.1) is 6.92 Å². The van der Waals surface area contributed by atoms with Crippen molar-refractivity contribution in [1.29, 1.82) is 0 Å². The number of hydrogen-bond acceptors (Lipinski definition) is 3. The minimum atomic E-state index is 0.752. The summed E-state index contributed by atoms with van der Waals surface area (Å²) in [6.07, 6.45) is 4.89. The van der Waals surface area contributed by atoms with Crippen LogP contribution in [0.2, 0.25) is 0 Å². The molecule has 3 nitrogen and oxygen atoms in total. The molecule has 0 aliphatic carbocycles. The van der Waals surface area contributed by atoms with Crippen LogP contribution in [-0.2, 0) is 0 Å². The van der Waals surface area contributed by atoms with Crippen LogP contribution >= 0.6 is 0 Å². The van der Waals surface area contributed by atoms with Gasteiger partial charge in [0.25, 0.3) is 0 Å². The monoisotopic (exact) mass is 242 g/mol. The maximum atomic E-state index is 5.66. The van der Waals surface area contributed by atoms with E-state index in [4.69, 9.17) is 4.74 Å². The summed E-state index contributed by atoms with van der Waals surface area (Å²) in [6, 6.07) is 6.11. The minimum absolute atomic E-state index is 0.752. The number of hydrazone groups is 1. The first kappa shape index (κ1) is 12.4. The van der Waals surface area contributed by atoms with E-state index in [9.17, 15) is 0 Å². The highest BCUT2D eigenvalue weighted by molar-refractivity contribution is 6.09. The average Bonchev–Trinajstić information content (AvgIpc) is 2.38. The molecule has 94 valence electrons. The van der Waals surface area contributed by atoms with Crippen molar-refractivity contribution in [1.82, 2.24) is 5.43 Å². The number of allylic oxidation sites excluding steroid dienone is 2. The summed E-state index contributed by atoms with van der Waals surface area (Å²) in [5.74, 6) is 0.943. The smallest absolute Gasteiger partial charge is 0.122 e. The molecule has 1 aromatic carbocycles. The molecule has 0 unspecified atom stereocenters. The highest BCUT2D eigenvalue weighted by Crippen LogP contribution is 2.20. The molecule has 1 aliphatic rings. The van der Waals surface area contributed by atoms with Gasteiger partial charge >= 0.3 is 0 Å². The Labute approximate surface area is 108 Å². The Balaban J connectivity index is 2.19. The highest BCUT2D eigenvalue weighted by atomic mass is 16.5. The van der Waals surface area contributed by atoms with Gasteiger partial charge in [0.05, 0.1) is 12.3 Å². The third kappa shape index (κ3) is 2.80. The van der Waals surface area contributed by atoms with Gasteiger partial charge < -0.3 is 4.74 Å². The molecule has 0 amide bonds. The second-order valence-corrected chi connectivity index (χ2v) is 4.30. The molecule has 0 bridgehead atoms. The van der Waals surface area contributed by atoms with Gasteiger partial charge in [-0.25, -0.2) is 0 Å². The Morgan fingerprint density at radius 2 is 2.17 bits per heavy atom. The van der Waals surface area contributed by atoms with Gasteiger partial charge in [-0.2, -0.15) is 5.10 Å². The quantitative estimate of drug-likeness (QED) is 0.880. The largest absolute Gasteiger partial charge is 0.493 e. The number of benzene rings is 1. The van der Waals surface area contributed by atoms with Gasteiger partial charge in [0, 0.05) is 11.3 Å². The summed E-state index contributed by atoms with van der Waals surface area (Å²) < 4.78 is 5.66. The summed E-state index contributed by atoms with van der Waals surface area (Å²) in [7, 11) is 0. The van der Waals surface area contributed by atoms with Crippen LogP contribution in [0.25, 0.3) is 0 Å². The molecular formula is C15H18N2O. The van der Waals surface area contributed by atoms with Crippen molar-refractivity contribution in [3.05, 3.63) is 53.8 Å². The van der Waals surface area contributed by atoms with E-state index >= 15 is 0 Å². The standard InChI is InChI=1S/C15H18N2O/c1-4-9-18-15-8-6-13(10-11(15)2)14-7-5-12(3)16-17-14/h5-8,10,16H,3-4,9H2,1-2H3. The molecule has 18 heavy (non-hydrogen) atoms. The summed E-state index contributed by atoms with van der Waals surface area (Å²) >= 11 is 0. The number of ether oxygens (including phenoxy) is 1. The predicted molar refractivity (Wildman–Crippen MR) is 74.9 cm³/mol. The zero-order valence-corrected chi connectivity index (χ0v) is 10.9. The first-order chi connectivity index (χ1) is 8.70. The second kappa shape index (κ2) is 5.54. The van der Waals surface area contributed by atoms with Crippen molar-refractivity contribution in [2.45, 2.75) is 20.3 Å². The maximum absolute atomic E-state index is 5.66. The van der Waals surface area contributed by atoms with Crippen LogP contribution in [-0.4, -0.2) is 12.3 Å².